The molecular formula is C10H13N. The van der Waals surface area contributed by atoms with Crippen LogP contribution in [0.3, 0.4) is 0 Å². The number of aliphatic imine (C=N–C) groups is 1. The molecule has 0 bridgehead atoms. The quantitative estimate of drug-likeness (QED) is 0.540. The Morgan fingerprint density at radius 1 is 1.73 bits per heavy atom. The average Bonchev–Trinajstić information content (AvgIpc) is 1.96. The Morgan fingerprint density at radius 2 is 2.55 bits per heavy atom. The molecule has 1 atom stereocenters. The van der Waals surface area contributed by atoms with Gasteiger partial charge in [0.15, 0.2) is 0 Å². The van der Waals surface area contributed by atoms with Gasteiger partial charge in [-0.2, -0.15) is 0 Å². The molecule has 0 saturated heterocycles. The van der Waals surface area contributed by atoms with Crippen LogP contribution in [-0.2, 0) is 0 Å². The first-order chi connectivity index (χ1) is 5.33. The largest absolute Gasteiger partial charge is 0.257 e. The maximum Gasteiger partial charge on any atom is 0.0586 e. The topological polar surface area (TPSA) is 12.4 Å². The summed E-state index contributed by atoms with van der Waals surface area (Å²) >= 11 is 0. The molecule has 0 aromatic heterocycles. The van der Waals surface area contributed by atoms with E-state index >= 15 is 0 Å². The summed E-state index contributed by atoms with van der Waals surface area (Å²) in [5, 5.41) is 0. The van der Waals surface area contributed by atoms with E-state index in [1.807, 2.05) is 6.08 Å². The van der Waals surface area contributed by atoms with Crippen LogP contribution in [-0.4, -0.2) is 6.21 Å². The summed E-state index contributed by atoms with van der Waals surface area (Å²) in [5.74, 6) is 0.566. The van der Waals surface area contributed by atoms with Crippen LogP contribution in [0.5, 0.6) is 0 Å². The Kier molecular flexibility index (Phi) is 2.84. The van der Waals surface area contributed by atoms with Crippen LogP contribution >= 0.6 is 0 Å². The fraction of sp³-hybridized carbons (Fsp3) is 0.300. The number of hydrogen-bond donors (Lipinski definition) is 0. The Labute approximate surface area is 67.8 Å². The van der Waals surface area contributed by atoms with Crippen molar-refractivity contribution in [1.29, 1.82) is 0 Å². The minimum absolute atomic E-state index is 0.566. The molecule has 0 fully saturated rings. The van der Waals surface area contributed by atoms with Gasteiger partial charge in [0.05, 0.1) is 5.70 Å². The van der Waals surface area contributed by atoms with Gasteiger partial charge in [0.2, 0.25) is 0 Å². The van der Waals surface area contributed by atoms with Crippen LogP contribution in [0, 0.1) is 5.92 Å². The van der Waals surface area contributed by atoms with Crippen LogP contribution in [0.1, 0.15) is 13.3 Å². The van der Waals surface area contributed by atoms with Crippen molar-refractivity contribution in [2.45, 2.75) is 13.3 Å². The Bertz CT molecular complexity index is 221. The molecular weight excluding hydrogens is 134 g/mol. The van der Waals surface area contributed by atoms with Crippen LogP contribution in [0.15, 0.2) is 41.6 Å². The van der Waals surface area contributed by atoms with Crippen molar-refractivity contribution in [3.8, 4) is 0 Å². The van der Waals surface area contributed by atoms with Gasteiger partial charge >= 0.3 is 0 Å². The van der Waals surface area contributed by atoms with Gasteiger partial charge in [-0.15, -0.1) is 0 Å². The molecule has 1 rings (SSSR count). The van der Waals surface area contributed by atoms with Gasteiger partial charge in [-0.25, -0.2) is 0 Å². The highest BCUT2D eigenvalue weighted by Gasteiger charge is 1.97. The lowest BCUT2D eigenvalue weighted by molar-refractivity contribution is 0.738. The Hall–Kier alpha value is -1.11. The lowest BCUT2D eigenvalue weighted by atomic mass is 10.1. The summed E-state index contributed by atoms with van der Waals surface area (Å²) in [6.07, 6.45) is 10.9. The van der Waals surface area contributed by atoms with E-state index in [-0.39, 0.29) is 0 Å². The van der Waals surface area contributed by atoms with Crippen molar-refractivity contribution in [2.75, 3.05) is 0 Å². The molecule has 0 saturated carbocycles. The summed E-state index contributed by atoms with van der Waals surface area (Å²) in [5.41, 5.74) is 0.974. The van der Waals surface area contributed by atoms with Gasteiger partial charge in [0, 0.05) is 6.21 Å². The van der Waals surface area contributed by atoms with E-state index in [1.54, 1.807) is 12.3 Å². The predicted molar refractivity (Wildman–Crippen MR) is 49.7 cm³/mol. The molecule has 11 heavy (non-hydrogen) atoms. The highest BCUT2D eigenvalue weighted by molar-refractivity contribution is 5.72. The van der Waals surface area contributed by atoms with E-state index in [1.165, 1.54) is 0 Å². The zero-order valence-electron chi connectivity index (χ0n) is 6.83. The summed E-state index contributed by atoms with van der Waals surface area (Å²) in [6.45, 7) is 5.86. The van der Waals surface area contributed by atoms with E-state index in [4.69, 9.17) is 0 Å². The van der Waals surface area contributed by atoms with Crippen molar-refractivity contribution >= 4 is 6.21 Å². The maximum absolute atomic E-state index is 4.18. The summed E-state index contributed by atoms with van der Waals surface area (Å²) in [6, 6.07) is 0. The second kappa shape index (κ2) is 3.91. The van der Waals surface area contributed by atoms with Crippen molar-refractivity contribution in [3.63, 3.8) is 0 Å². The predicted octanol–water partition coefficient (Wildman–Crippen LogP) is 2.72. The lowest BCUT2D eigenvalue weighted by Gasteiger charge is -2.04. The molecule has 1 heterocycles. The second-order valence-corrected chi connectivity index (χ2v) is 2.71. The molecule has 1 nitrogen and oxygen atoms in total. The fourth-order valence-electron chi connectivity index (χ4n) is 1.01. The third-order valence-electron chi connectivity index (χ3n) is 1.62. The van der Waals surface area contributed by atoms with Gasteiger partial charge < -0.3 is 0 Å². The highest BCUT2D eigenvalue weighted by atomic mass is 14.7. The standard InChI is InChI=1S/C10H13N/c1-3-10-8-9(2)6-4-5-7-11-10/h3-5,7-9H,1,6H2,2H3/b5-4+,10-8-,11-7-. The first-order valence-electron chi connectivity index (χ1n) is 3.86. The molecule has 0 aliphatic carbocycles. The second-order valence-electron chi connectivity index (χ2n) is 2.71. The smallest absolute Gasteiger partial charge is 0.0586 e. The van der Waals surface area contributed by atoms with Crippen LogP contribution < -0.4 is 0 Å². The van der Waals surface area contributed by atoms with Crippen molar-refractivity contribution in [3.05, 3.63) is 36.6 Å². The molecule has 0 amide bonds. The van der Waals surface area contributed by atoms with Crippen LogP contribution in [0.4, 0.5) is 0 Å². The fourth-order valence-corrected chi connectivity index (χ4v) is 1.01. The molecule has 1 aliphatic heterocycles. The number of hydrogen-bond acceptors (Lipinski definition) is 1. The molecule has 1 unspecified atom stereocenters. The number of rotatable bonds is 1. The first-order valence-corrected chi connectivity index (χ1v) is 3.86. The minimum atomic E-state index is 0.566. The van der Waals surface area contributed by atoms with E-state index in [0.29, 0.717) is 5.92 Å². The van der Waals surface area contributed by atoms with E-state index in [0.717, 1.165) is 12.1 Å². The molecule has 1 heteroatoms. The Morgan fingerprint density at radius 3 is 3.27 bits per heavy atom. The third-order valence-corrected chi connectivity index (χ3v) is 1.62. The Balaban J connectivity index is 2.81. The monoisotopic (exact) mass is 147 g/mol. The number of allylic oxidation sites excluding steroid dienone is 4. The number of nitrogens with zero attached hydrogens (tertiary/aromatic N) is 1. The van der Waals surface area contributed by atoms with Gasteiger partial charge in [0.25, 0.3) is 0 Å². The molecule has 0 radical (unpaired) electrons. The molecule has 1 aliphatic rings. The SMILES string of the molecule is C=CC1=C/C(C)C/C=C/C=N\1. The lowest BCUT2D eigenvalue weighted by Crippen LogP contribution is -1.90. The van der Waals surface area contributed by atoms with Crippen LogP contribution in [0.2, 0.25) is 0 Å². The maximum atomic E-state index is 4.18. The summed E-state index contributed by atoms with van der Waals surface area (Å²) in [4.78, 5) is 4.18. The van der Waals surface area contributed by atoms with Gasteiger partial charge in [0.1, 0.15) is 0 Å². The normalized spacial score (nSPS) is 34.3. The third kappa shape index (κ3) is 2.54. The molecule has 0 spiro atoms. The van der Waals surface area contributed by atoms with E-state index < -0.39 is 0 Å². The van der Waals surface area contributed by atoms with E-state index in [9.17, 15) is 0 Å². The minimum Gasteiger partial charge on any atom is -0.257 e. The van der Waals surface area contributed by atoms with Crippen molar-refractivity contribution in [1.82, 2.24) is 0 Å². The highest BCUT2D eigenvalue weighted by Crippen LogP contribution is 2.11. The van der Waals surface area contributed by atoms with Crippen LogP contribution in [0.25, 0.3) is 0 Å². The average molecular weight is 147 g/mol. The van der Waals surface area contributed by atoms with Crippen molar-refractivity contribution in [2.24, 2.45) is 10.9 Å². The van der Waals surface area contributed by atoms with Gasteiger partial charge in [-0.05, 0) is 24.5 Å². The van der Waals surface area contributed by atoms with Gasteiger partial charge in [-0.3, -0.25) is 4.99 Å². The van der Waals surface area contributed by atoms with E-state index in [2.05, 4.69) is 30.6 Å². The molecule has 58 valence electrons. The first kappa shape index (κ1) is 7.99. The van der Waals surface area contributed by atoms with Gasteiger partial charge in [-0.1, -0.05) is 25.7 Å². The molecule has 0 N–H and O–H groups in total. The molecule has 0 aromatic rings. The molecule has 0 aromatic carbocycles. The summed E-state index contributed by atoms with van der Waals surface area (Å²) < 4.78 is 0. The summed E-state index contributed by atoms with van der Waals surface area (Å²) in [7, 11) is 0. The zero-order chi connectivity index (χ0) is 8.10. The van der Waals surface area contributed by atoms with Crippen molar-refractivity contribution < 1.29 is 0 Å². The zero-order valence-corrected chi connectivity index (χ0v) is 6.83.